The molecule has 1 aromatic rings. The maximum atomic E-state index is 12.5. The van der Waals surface area contributed by atoms with Crippen LogP contribution in [0.15, 0.2) is 18.2 Å². The van der Waals surface area contributed by atoms with Gasteiger partial charge in [-0.25, -0.2) is 0 Å². The van der Waals surface area contributed by atoms with Crippen LogP contribution in [0.1, 0.15) is 36.7 Å². The maximum Gasteiger partial charge on any atom is 0.326 e. The molecule has 0 bridgehead atoms. The van der Waals surface area contributed by atoms with Crippen LogP contribution in [-0.2, 0) is 9.53 Å². The lowest BCUT2D eigenvalue weighted by molar-refractivity contribution is -0.155. The number of ether oxygens (including phenoxy) is 2. The summed E-state index contributed by atoms with van der Waals surface area (Å²) in [7, 11) is 0. The summed E-state index contributed by atoms with van der Waals surface area (Å²) < 4.78 is 10.7. The number of fused-ring (bicyclic) bond motifs is 1. The van der Waals surface area contributed by atoms with Crippen molar-refractivity contribution in [2.45, 2.75) is 26.4 Å². The second kappa shape index (κ2) is 6.06. The van der Waals surface area contributed by atoms with E-state index in [-0.39, 0.29) is 25.6 Å². The van der Waals surface area contributed by atoms with Crippen molar-refractivity contribution in [3.63, 3.8) is 0 Å². The highest BCUT2D eigenvalue weighted by Gasteiger charge is 2.27. The van der Waals surface area contributed by atoms with Crippen LogP contribution >= 0.6 is 0 Å². The van der Waals surface area contributed by atoms with Crippen molar-refractivity contribution in [3.8, 4) is 11.8 Å². The average molecular weight is 302 g/mol. The Hall–Kier alpha value is -2.55. The molecule has 0 fully saturated rings. The van der Waals surface area contributed by atoms with E-state index in [0.717, 1.165) is 0 Å². The molecule has 0 aliphatic carbocycles. The summed E-state index contributed by atoms with van der Waals surface area (Å²) in [6, 6.07) is 6.63. The summed E-state index contributed by atoms with van der Waals surface area (Å²) in [5, 5.41) is 8.89. The Morgan fingerprint density at radius 2 is 2.18 bits per heavy atom. The highest BCUT2D eigenvalue weighted by molar-refractivity contribution is 5.98. The van der Waals surface area contributed by atoms with E-state index >= 15 is 0 Å². The van der Waals surface area contributed by atoms with E-state index in [1.807, 2.05) is 6.07 Å². The number of nitrogens with zero attached hydrogens (tertiary/aromatic N) is 2. The molecular weight excluding hydrogens is 284 g/mol. The van der Waals surface area contributed by atoms with E-state index in [2.05, 4.69) is 0 Å². The van der Waals surface area contributed by atoms with Crippen molar-refractivity contribution in [1.29, 1.82) is 5.26 Å². The highest BCUT2D eigenvalue weighted by atomic mass is 16.6. The minimum atomic E-state index is -0.595. The van der Waals surface area contributed by atoms with E-state index in [0.29, 0.717) is 16.9 Å². The summed E-state index contributed by atoms with van der Waals surface area (Å²) in [6.45, 7) is 5.74. The lowest BCUT2D eigenvalue weighted by atomic mass is 10.1. The SMILES string of the molecule is CC(C)(C)OC(=O)CN1CCOc2cc(C#N)ccc2C1=O. The lowest BCUT2D eigenvalue weighted by Crippen LogP contribution is -2.39. The van der Waals surface area contributed by atoms with Gasteiger partial charge in [-0.1, -0.05) is 0 Å². The predicted molar refractivity (Wildman–Crippen MR) is 78.4 cm³/mol. The number of benzene rings is 1. The van der Waals surface area contributed by atoms with Crippen LogP contribution in [0.5, 0.6) is 5.75 Å². The molecule has 1 heterocycles. The van der Waals surface area contributed by atoms with Crippen LogP contribution in [0.4, 0.5) is 0 Å². The minimum Gasteiger partial charge on any atom is -0.491 e. The van der Waals surface area contributed by atoms with Gasteiger partial charge in [-0.2, -0.15) is 5.26 Å². The standard InChI is InChI=1S/C16H18N2O4/c1-16(2,3)22-14(19)10-18-6-7-21-13-8-11(9-17)4-5-12(13)15(18)20/h4-5,8H,6-7,10H2,1-3H3. The van der Waals surface area contributed by atoms with Gasteiger partial charge in [0.1, 0.15) is 24.5 Å². The van der Waals surface area contributed by atoms with Crippen molar-refractivity contribution < 1.29 is 19.1 Å². The van der Waals surface area contributed by atoms with Crippen molar-refractivity contribution in [1.82, 2.24) is 4.90 Å². The van der Waals surface area contributed by atoms with Crippen LogP contribution in [0.25, 0.3) is 0 Å². The fourth-order valence-corrected chi connectivity index (χ4v) is 2.11. The molecule has 0 atom stereocenters. The molecule has 1 aromatic carbocycles. The van der Waals surface area contributed by atoms with Crippen LogP contribution in [0.3, 0.4) is 0 Å². The predicted octanol–water partition coefficient (Wildman–Crippen LogP) is 1.73. The third-order valence-corrected chi connectivity index (χ3v) is 2.99. The fourth-order valence-electron chi connectivity index (χ4n) is 2.11. The summed E-state index contributed by atoms with van der Waals surface area (Å²) in [5.41, 5.74) is 0.175. The van der Waals surface area contributed by atoms with Gasteiger partial charge in [0.25, 0.3) is 5.91 Å². The van der Waals surface area contributed by atoms with Gasteiger partial charge in [0.05, 0.1) is 23.7 Å². The Balaban J connectivity index is 2.17. The first-order chi connectivity index (χ1) is 10.3. The van der Waals surface area contributed by atoms with E-state index < -0.39 is 11.6 Å². The zero-order valence-electron chi connectivity index (χ0n) is 12.9. The Morgan fingerprint density at radius 1 is 1.45 bits per heavy atom. The number of hydrogen-bond acceptors (Lipinski definition) is 5. The Bertz CT molecular complexity index is 641. The summed E-state index contributed by atoms with van der Waals surface area (Å²) >= 11 is 0. The van der Waals surface area contributed by atoms with Crippen molar-refractivity contribution in [3.05, 3.63) is 29.3 Å². The van der Waals surface area contributed by atoms with Gasteiger partial charge in [0.2, 0.25) is 0 Å². The first-order valence-corrected chi connectivity index (χ1v) is 6.98. The van der Waals surface area contributed by atoms with E-state index in [1.54, 1.807) is 32.9 Å². The first kappa shape index (κ1) is 15.8. The Labute approximate surface area is 129 Å². The number of rotatable bonds is 2. The summed E-state index contributed by atoms with van der Waals surface area (Å²) in [5.74, 6) is -0.392. The number of amides is 1. The number of esters is 1. The summed E-state index contributed by atoms with van der Waals surface area (Å²) in [4.78, 5) is 25.8. The van der Waals surface area contributed by atoms with Gasteiger partial charge < -0.3 is 14.4 Å². The zero-order valence-corrected chi connectivity index (χ0v) is 12.9. The monoisotopic (exact) mass is 302 g/mol. The van der Waals surface area contributed by atoms with Gasteiger partial charge in [0, 0.05) is 0 Å². The average Bonchev–Trinajstić information content (AvgIpc) is 2.57. The Kier molecular flexibility index (Phi) is 4.36. The molecule has 0 spiro atoms. The zero-order chi connectivity index (χ0) is 16.3. The second-order valence-electron chi connectivity index (χ2n) is 5.98. The molecule has 0 radical (unpaired) electrons. The van der Waals surface area contributed by atoms with Gasteiger partial charge in [-0.15, -0.1) is 0 Å². The van der Waals surface area contributed by atoms with Gasteiger partial charge in [-0.05, 0) is 39.0 Å². The highest BCUT2D eigenvalue weighted by Crippen LogP contribution is 2.24. The molecule has 1 aliphatic heterocycles. The van der Waals surface area contributed by atoms with Crippen LogP contribution in [-0.4, -0.2) is 42.1 Å². The molecule has 0 aromatic heterocycles. The third kappa shape index (κ3) is 3.76. The van der Waals surface area contributed by atoms with Crippen LogP contribution in [0.2, 0.25) is 0 Å². The van der Waals surface area contributed by atoms with E-state index in [4.69, 9.17) is 14.7 Å². The largest absolute Gasteiger partial charge is 0.491 e. The molecule has 1 amide bonds. The first-order valence-electron chi connectivity index (χ1n) is 6.98. The number of carbonyl (C=O) groups excluding carboxylic acids is 2. The Morgan fingerprint density at radius 3 is 2.82 bits per heavy atom. The van der Waals surface area contributed by atoms with Crippen molar-refractivity contribution in [2.24, 2.45) is 0 Å². The van der Waals surface area contributed by atoms with E-state index in [9.17, 15) is 9.59 Å². The topological polar surface area (TPSA) is 79.6 Å². The lowest BCUT2D eigenvalue weighted by Gasteiger charge is -2.23. The quantitative estimate of drug-likeness (QED) is 0.777. The molecule has 6 heteroatoms. The molecule has 0 saturated carbocycles. The fraction of sp³-hybridized carbons (Fsp3) is 0.438. The van der Waals surface area contributed by atoms with Gasteiger partial charge in [-0.3, -0.25) is 9.59 Å². The minimum absolute atomic E-state index is 0.126. The molecule has 0 saturated heterocycles. The van der Waals surface area contributed by atoms with Crippen molar-refractivity contribution >= 4 is 11.9 Å². The second-order valence-corrected chi connectivity index (χ2v) is 5.98. The van der Waals surface area contributed by atoms with Crippen molar-refractivity contribution in [2.75, 3.05) is 19.7 Å². The molecule has 0 unspecified atom stereocenters. The summed E-state index contributed by atoms with van der Waals surface area (Å²) in [6.07, 6.45) is 0. The molecule has 1 aliphatic rings. The van der Waals surface area contributed by atoms with Gasteiger partial charge in [0.15, 0.2) is 0 Å². The van der Waals surface area contributed by atoms with Gasteiger partial charge >= 0.3 is 5.97 Å². The molecule has 0 N–H and O–H groups in total. The third-order valence-electron chi connectivity index (χ3n) is 2.99. The molecule has 22 heavy (non-hydrogen) atoms. The number of carbonyl (C=O) groups is 2. The smallest absolute Gasteiger partial charge is 0.326 e. The normalized spacial score (nSPS) is 14.5. The van der Waals surface area contributed by atoms with Crippen LogP contribution < -0.4 is 4.74 Å². The molecule has 6 nitrogen and oxygen atoms in total. The number of hydrogen-bond donors (Lipinski definition) is 0. The number of nitriles is 1. The maximum absolute atomic E-state index is 12.5. The molecule has 116 valence electrons. The van der Waals surface area contributed by atoms with Crippen LogP contribution in [0, 0.1) is 11.3 Å². The molecular formula is C16H18N2O4. The molecule has 2 rings (SSSR count). The van der Waals surface area contributed by atoms with E-state index in [1.165, 1.54) is 11.0 Å².